The lowest BCUT2D eigenvalue weighted by molar-refractivity contribution is -0.124. The molecule has 0 aromatic heterocycles. The summed E-state index contributed by atoms with van der Waals surface area (Å²) in [5.41, 5.74) is 8.16. The topological polar surface area (TPSA) is 103 Å². The lowest BCUT2D eigenvalue weighted by Crippen LogP contribution is -2.47. The normalized spacial score (nSPS) is 16.2. The Morgan fingerprint density at radius 2 is 1.79 bits per heavy atom. The number of carbonyl (C=O) groups is 1. The number of nitrogens with one attached hydrogen (secondary N) is 1. The van der Waals surface area contributed by atoms with Gasteiger partial charge in [0, 0.05) is 32.7 Å². The van der Waals surface area contributed by atoms with Crippen molar-refractivity contribution < 1.29 is 24.1 Å². The molecule has 0 bridgehead atoms. The third-order valence-corrected chi connectivity index (χ3v) is 7.47. The zero-order valence-electron chi connectivity index (χ0n) is 23.2. The van der Waals surface area contributed by atoms with Crippen LogP contribution in [0.2, 0.25) is 0 Å². The molecule has 1 amide bonds. The molecule has 0 heterocycles. The highest BCUT2D eigenvalue weighted by Crippen LogP contribution is 2.48. The van der Waals surface area contributed by atoms with Crippen LogP contribution >= 0.6 is 12.4 Å². The van der Waals surface area contributed by atoms with E-state index in [1.807, 2.05) is 42.5 Å². The largest absolute Gasteiger partial charge is 0.493 e. The Hall–Kier alpha value is -2.32. The van der Waals surface area contributed by atoms with Crippen molar-refractivity contribution >= 4 is 18.3 Å². The molecule has 0 unspecified atom stereocenters. The van der Waals surface area contributed by atoms with Crippen molar-refractivity contribution in [1.29, 1.82) is 0 Å². The molecule has 0 saturated heterocycles. The highest BCUT2D eigenvalue weighted by atomic mass is 35.5. The maximum Gasteiger partial charge on any atom is 0.230 e. The Kier molecular flexibility index (Phi) is 12.9. The summed E-state index contributed by atoms with van der Waals surface area (Å²) in [6, 6.07) is 15.4. The number of hydrogen-bond acceptors (Lipinski definition) is 6. The average Bonchev–Trinajstić information content (AvgIpc) is 3.72. The number of aliphatic hydroxyl groups is 1. The number of rotatable bonds is 16. The van der Waals surface area contributed by atoms with Crippen LogP contribution in [-0.4, -0.2) is 57.1 Å². The molecule has 1 aliphatic rings. The van der Waals surface area contributed by atoms with Crippen LogP contribution in [0.25, 0.3) is 0 Å². The fourth-order valence-electron chi connectivity index (χ4n) is 4.79. The van der Waals surface area contributed by atoms with Gasteiger partial charge in [0.2, 0.25) is 5.91 Å². The van der Waals surface area contributed by atoms with E-state index in [0.717, 1.165) is 42.6 Å². The Bertz CT molecular complexity index is 984. The Morgan fingerprint density at radius 3 is 2.39 bits per heavy atom. The number of benzene rings is 2. The summed E-state index contributed by atoms with van der Waals surface area (Å²) >= 11 is 0. The second kappa shape index (κ2) is 15.3. The smallest absolute Gasteiger partial charge is 0.230 e. The van der Waals surface area contributed by atoms with E-state index >= 15 is 0 Å². The number of carbonyl (C=O) groups excluding carboxylic acids is 1. The minimum Gasteiger partial charge on any atom is -0.493 e. The van der Waals surface area contributed by atoms with Crippen molar-refractivity contribution in [2.45, 2.75) is 63.5 Å². The van der Waals surface area contributed by atoms with Crippen molar-refractivity contribution in [3.63, 3.8) is 0 Å². The Morgan fingerprint density at radius 1 is 1.08 bits per heavy atom. The van der Waals surface area contributed by atoms with E-state index in [1.165, 1.54) is 0 Å². The first kappa shape index (κ1) is 31.9. The van der Waals surface area contributed by atoms with Gasteiger partial charge in [-0.05, 0) is 60.8 Å². The first-order valence-electron chi connectivity index (χ1n) is 13.4. The van der Waals surface area contributed by atoms with Gasteiger partial charge in [0.25, 0.3) is 0 Å². The predicted octanol–water partition coefficient (Wildman–Crippen LogP) is 4.27. The number of aliphatic hydroxyl groups excluding tert-OH is 1. The van der Waals surface area contributed by atoms with Crippen LogP contribution in [0, 0.1) is 11.8 Å². The maximum atomic E-state index is 12.9. The number of halogens is 1. The molecular weight excluding hydrogens is 504 g/mol. The highest BCUT2D eigenvalue weighted by molar-refractivity contribution is 5.91. The molecule has 212 valence electrons. The Labute approximate surface area is 233 Å². The van der Waals surface area contributed by atoms with Gasteiger partial charge in [0.15, 0.2) is 11.5 Å². The predicted molar refractivity (Wildman–Crippen MR) is 153 cm³/mol. The van der Waals surface area contributed by atoms with E-state index in [2.05, 4.69) is 25.2 Å². The van der Waals surface area contributed by atoms with Crippen LogP contribution < -0.4 is 20.5 Å². The first-order chi connectivity index (χ1) is 17.8. The van der Waals surface area contributed by atoms with Crippen molar-refractivity contribution in [3.05, 3.63) is 59.7 Å². The fourth-order valence-corrected chi connectivity index (χ4v) is 4.79. The van der Waals surface area contributed by atoms with E-state index < -0.39 is 17.6 Å². The number of hydrogen-bond donors (Lipinski definition) is 3. The average molecular weight is 549 g/mol. The van der Waals surface area contributed by atoms with Gasteiger partial charge in [0.05, 0.1) is 25.2 Å². The molecule has 3 atom stereocenters. The minimum absolute atomic E-state index is 0. The molecule has 4 N–H and O–H groups in total. The minimum atomic E-state index is -0.813. The molecule has 2 aromatic carbocycles. The maximum absolute atomic E-state index is 12.9. The third-order valence-electron chi connectivity index (χ3n) is 7.47. The summed E-state index contributed by atoms with van der Waals surface area (Å²) in [5.74, 6) is 2.02. The molecular formula is C30H45ClN2O5. The molecule has 2 aromatic rings. The molecule has 0 aliphatic heterocycles. The summed E-state index contributed by atoms with van der Waals surface area (Å²) < 4.78 is 16.5. The monoisotopic (exact) mass is 548 g/mol. The molecule has 7 nitrogen and oxygen atoms in total. The molecule has 0 radical (unpaired) electrons. The molecule has 1 saturated carbocycles. The quantitative estimate of drug-likeness (QED) is 0.271. The van der Waals surface area contributed by atoms with Crippen molar-refractivity contribution in [2.75, 3.05) is 34.0 Å². The van der Waals surface area contributed by atoms with Crippen LogP contribution in [0.4, 0.5) is 0 Å². The van der Waals surface area contributed by atoms with E-state index in [-0.39, 0.29) is 30.8 Å². The summed E-state index contributed by atoms with van der Waals surface area (Å²) in [7, 11) is 3.31. The van der Waals surface area contributed by atoms with Crippen molar-refractivity contribution in [1.82, 2.24) is 5.32 Å². The van der Waals surface area contributed by atoms with Crippen LogP contribution in [0.1, 0.15) is 50.7 Å². The van der Waals surface area contributed by atoms with Crippen molar-refractivity contribution in [2.24, 2.45) is 17.6 Å². The van der Waals surface area contributed by atoms with Gasteiger partial charge in [-0.15, -0.1) is 12.4 Å². The van der Waals surface area contributed by atoms with Gasteiger partial charge in [0.1, 0.15) is 0 Å². The Balaban J connectivity index is 0.00000507. The molecule has 3 rings (SSSR count). The van der Waals surface area contributed by atoms with Gasteiger partial charge in [-0.25, -0.2) is 0 Å². The number of methoxy groups -OCH3 is 2. The fraction of sp³-hybridized carbons (Fsp3) is 0.567. The van der Waals surface area contributed by atoms with Gasteiger partial charge >= 0.3 is 0 Å². The number of amides is 1. The van der Waals surface area contributed by atoms with E-state index in [1.54, 1.807) is 14.2 Å². The number of nitrogens with two attached hydrogens (primary N) is 1. The van der Waals surface area contributed by atoms with E-state index in [4.69, 9.17) is 19.9 Å². The van der Waals surface area contributed by atoms with Crippen LogP contribution in [0.3, 0.4) is 0 Å². The summed E-state index contributed by atoms with van der Waals surface area (Å²) in [6.45, 7) is 5.70. The summed E-state index contributed by atoms with van der Waals surface area (Å²) in [4.78, 5) is 12.9. The standard InChI is InChI=1S/C30H44N2O5.ClH/c1-21(2)23(17-22-11-12-27(36-4)28(18-22)37-16-8-15-35-3)19-25(31)26(33)20-32-29(34)30(13-14-30)24-9-6-5-7-10-24;/h5-7,9-12,18,21,23,25-26,33H,8,13-17,19-20,31H2,1-4H3,(H,32,34);1H/t23-,25-,26-;/m0./s1. The number of ether oxygens (including phenoxy) is 3. The van der Waals surface area contributed by atoms with Crippen LogP contribution in [-0.2, 0) is 21.4 Å². The second-order valence-corrected chi connectivity index (χ2v) is 10.5. The lowest BCUT2D eigenvalue weighted by Gasteiger charge is -2.28. The van der Waals surface area contributed by atoms with Gasteiger partial charge in [-0.3, -0.25) is 4.79 Å². The van der Waals surface area contributed by atoms with Crippen LogP contribution in [0.15, 0.2) is 48.5 Å². The molecule has 8 heteroatoms. The molecule has 1 aliphatic carbocycles. The van der Waals surface area contributed by atoms with Gasteiger partial charge in [-0.1, -0.05) is 50.2 Å². The van der Waals surface area contributed by atoms with Gasteiger partial charge in [-0.2, -0.15) is 0 Å². The van der Waals surface area contributed by atoms with E-state index in [0.29, 0.717) is 31.3 Å². The molecule has 0 spiro atoms. The third kappa shape index (κ3) is 8.60. The van der Waals surface area contributed by atoms with E-state index in [9.17, 15) is 9.90 Å². The molecule has 38 heavy (non-hydrogen) atoms. The van der Waals surface area contributed by atoms with Gasteiger partial charge < -0.3 is 30.4 Å². The summed E-state index contributed by atoms with van der Waals surface area (Å²) in [5, 5.41) is 13.7. The summed E-state index contributed by atoms with van der Waals surface area (Å²) in [6.07, 6.45) is 3.11. The molecule has 1 fully saturated rings. The first-order valence-corrected chi connectivity index (χ1v) is 13.4. The zero-order valence-corrected chi connectivity index (χ0v) is 24.0. The zero-order chi connectivity index (χ0) is 26.8. The van der Waals surface area contributed by atoms with Crippen molar-refractivity contribution in [3.8, 4) is 11.5 Å². The highest BCUT2D eigenvalue weighted by Gasteiger charge is 2.51. The van der Waals surface area contributed by atoms with Crippen LogP contribution in [0.5, 0.6) is 11.5 Å². The lowest BCUT2D eigenvalue weighted by atomic mass is 9.83. The second-order valence-electron chi connectivity index (χ2n) is 10.5. The SMILES string of the molecule is COCCCOc1cc(C[C@@H](C[C@H](N)[C@@H](O)CNC(=O)C2(c3ccccc3)CC2)C(C)C)ccc1OC.Cl.